The highest BCUT2D eigenvalue weighted by Crippen LogP contribution is 2.41. The number of H-pyrrole nitrogens is 1. The molecule has 8 heteroatoms. The maximum atomic E-state index is 13.0. The molecule has 4 aromatic rings. The molecule has 0 fully saturated rings. The number of methoxy groups -OCH3 is 1. The number of alkyl halides is 1. The van der Waals surface area contributed by atoms with Gasteiger partial charge in [-0.15, -0.1) is 0 Å². The van der Waals surface area contributed by atoms with E-state index in [1.54, 1.807) is 13.3 Å². The third-order valence-corrected chi connectivity index (χ3v) is 6.25. The Labute approximate surface area is 204 Å². The largest absolute Gasteiger partial charge is 0.487 e. The summed E-state index contributed by atoms with van der Waals surface area (Å²) in [4.78, 5) is 7.53. The third-order valence-electron chi connectivity index (χ3n) is 5.01. The van der Waals surface area contributed by atoms with E-state index in [2.05, 4.69) is 32.6 Å². The minimum atomic E-state index is -0.614. The Morgan fingerprint density at radius 2 is 2.00 bits per heavy atom. The number of rotatable bonds is 9. The van der Waals surface area contributed by atoms with Gasteiger partial charge >= 0.3 is 0 Å². The zero-order valence-electron chi connectivity index (χ0n) is 17.3. The van der Waals surface area contributed by atoms with Crippen LogP contribution >= 0.6 is 34.2 Å². The molecule has 2 aromatic heterocycles. The highest BCUT2D eigenvalue weighted by atomic mass is 127. The van der Waals surface area contributed by atoms with Gasteiger partial charge in [-0.05, 0) is 52.9 Å². The summed E-state index contributed by atoms with van der Waals surface area (Å²) in [5, 5.41) is 1.61. The Morgan fingerprint density at radius 3 is 2.78 bits per heavy atom. The molecule has 0 radical (unpaired) electrons. The van der Waals surface area contributed by atoms with Crippen molar-refractivity contribution in [2.75, 3.05) is 20.4 Å². The molecule has 0 aliphatic carbocycles. The predicted molar refractivity (Wildman–Crippen MR) is 131 cm³/mol. The maximum Gasteiger partial charge on any atom is 0.167 e. The molecule has 1 N–H and O–H groups in total. The molecule has 0 saturated carbocycles. The summed E-state index contributed by atoms with van der Waals surface area (Å²) in [5.41, 5.74) is 3.41. The smallest absolute Gasteiger partial charge is 0.167 e. The Balaban J connectivity index is 1.71. The van der Waals surface area contributed by atoms with Crippen LogP contribution in [0.25, 0.3) is 11.0 Å². The van der Waals surface area contributed by atoms with E-state index in [0.717, 1.165) is 31.3 Å². The molecule has 166 valence electrons. The van der Waals surface area contributed by atoms with E-state index in [9.17, 15) is 4.39 Å². The fourth-order valence-electron chi connectivity index (χ4n) is 3.56. The lowest BCUT2D eigenvalue weighted by atomic mass is 10.00. The Bertz CT molecular complexity index is 1220. The number of pyridine rings is 1. The topological polar surface area (TPSA) is 56.4 Å². The van der Waals surface area contributed by atoms with Crippen LogP contribution in [0.5, 0.6) is 11.5 Å². The first-order valence-electron chi connectivity index (χ1n) is 9.95. The molecule has 0 saturated heterocycles. The fourth-order valence-corrected chi connectivity index (χ4v) is 4.58. The molecule has 4 rings (SSSR count). The van der Waals surface area contributed by atoms with Crippen LogP contribution in [0.4, 0.5) is 4.39 Å². The summed E-state index contributed by atoms with van der Waals surface area (Å²) in [6.45, 7) is -0.380. The zero-order valence-corrected chi connectivity index (χ0v) is 20.2. The Hall–Kier alpha value is -2.36. The van der Waals surface area contributed by atoms with Crippen molar-refractivity contribution < 1.29 is 18.6 Å². The number of ether oxygens (including phenoxy) is 3. The second-order valence-electron chi connectivity index (χ2n) is 7.00. The highest BCUT2D eigenvalue weighted by Gasteiger charge is 2.24. The van der Waals surface area contributed by atoms with Gasteiger partial charge in [-0.3, -0.25) is 0 Å². The van der Waals surface area contributed by atoms with E-state index in [1.165, 1.54) is 0 Å². The molecule has 0 bridgehead atoms. The molecule has 0 aliphatic rings. The van der Waals surface area contributed by atoms with Gasteiger partial charge in [0.15, 0.2) is 11.5 Å². The van der Waals surface area contributed by atoms with Crippen molar-refractivity contribution in [1.82, 2.24) is 9.97 Å². The van der Waals surface area contributed by atoms with Crippen LogP contribution in [0.15, 0.2) is 60.9 Å². The van der Waals surface area contributed by atoms with Crippen molar-refractivity contribution in [1.29, 1.82) is 0 Å². The molecule has 1 atom stereocenters. The van der Waals surface area contributed by atoms with Crippen molar-refractivity contribution in [3.05, 3.63) is 86.2 Å². The summed E-state index contributed by atoms with van der Waals surface area (Å²) in [6, 6.07) is 15.1. The van der Waals surface area contributed by atoms with Gasteiger partial charge in [-0.2, -0.15) is 0 Å². The second-order valence-corrected chi connectivity index (χ2v) is 8.59. The summed E-state index contributed by atoms with van der Waals surface area (Å²) >= 11 is 8.28. The number of fused-ring (bicyclic) bond motifs is 1. The predicted octanol–water partition coefficient (Wildman–Crippen LogP) is 6.48. The van der Waals surface area contributed by atoms with Gasteiger partial charge < -0.3 is 19.2 Å². The van der Waals surface area contributed by atoms with Crippen LogP contribution in [0, 0.1) is 3.57 Å². The van der Waals surface area contributed by atoms with E-state index in [0.29, 0.717) is 23.1 Å². The van der Waals surface area contributed by atoms with Gasteiger partial charge in [0.2, 0.25) is 0 Å². The number of hydrogen-bond acceptors (Lipinski definition) is 4. The number of nitrogens with one attached hydrogen (secondary N) is 1. The number of halogens is 3. The van der Waals surface area contributed by atoms with Crippen LogP contribution in [0.2, 0.25) is 5.02 Å². The van der Waals surface area contributed by atoms with Crippen LogP contribution in [-0.4, -0.2) is 30.4 Å². The maximum absolute atomic E-state index is 13.0. The molecule has 32 heavy (non-hydrogen) atoms. The van der Waals surface area contributed by atoms with Gasteiger partial charge in [0.25, 0.3) is 0 Å². The van der Waals surface area contributed by atoms with Gasteiger partial charge in [0.1, 0.15) is 31.6 Å². The quantitative estimate of drug-likeness (QED) is 0.236. The average molecular weight is 567 g/mol. The van der Waals surface area contributed by atoms with E-state index >= 15 is 0 Å². The first kappa shape index (κ1) is 22.8. The first-order chi connectivity index (χ1) is 15.6. The Kier molecular flexibility index (Phi) is 7.49. The van der Waals surface area contributed by atoms with E-state index in [4.69, 9.17) is 25.8 Å². The lowest BCUT2D eigenvalue weighted by molar-refractivity contribution is 0.132. The standard InChI is InChI=1S/C24H21ClFIN2O3/c1-30-22(19-13-29-24-17(19)5-3-10-28-24)18-4-2-6-21(23(18)31-11-9-26)32-14-15-7-8-16(25)12-20(15)27/h2-8,10,12-13,22H,9,11,14H2,1H3,(H,28,29). The lowest BCUT2D eigenvalue weighted by Crippen LogP contribution is -2.10. The van der Waals surface area contributed by atoms with Gasteiger partial charge in [-0.25, -0.2) is 9.37 Å². The Morgan fingerprint density at radius 1 is 1.12 bits per heavy atom. The fraction of sp³-hybridized carbons (Fsp3) is 0.208. The van der Waals surface area contributed by atoms with Crippen molar-refractivity contribution in [3.63, 3.8) is 0 Å². The van der Waals surface area contributed by atoms with Gasteiger partial charge in [-0.1, -0.05) is 29.8 Å². The van der Waals surface area contributed by atoms with Crippen LogP contribution < -0.4 is 9.47 Å². The number of para-hydroxylation sites is 1. The third kappa shape index (κ3) is 4.84. The minimum Gasteiger partial charge on any atom is -0.487 e. The van der Waals surface area contributed by atoms with E-state index in [1.807, 2.05) is 54.7 Å². The lowest BCUT2D eigenvalue weighted by Gasteiger charge is -2.21. The highest BCUT2D eigenvalue weighted by molar-refractivity contribution is 14.1. The van der Waals surface area contributed by atoms with Crippen LogP contribution in [0.3, 0.4) is 0 Å². The normalized spacial score (nSPS) is 12.1. The van der Waals surface area contributed by atoms with E-state index < -0.39 is 12.8 Å². The molecule has 5 nitrogen and oxygen atoms in total. The number of hydrogen-bond donors (Lipinski definition) is 1. The number of aromatic amines is 1. The summed E-state index contributed by atoms with van der Waals surface area (Å²) < 4.78 is 31.8. The monoisotopic (exact) mass is 566 g/mol. The molecule has 0 amide bonds. The first-order valence-corrected chi connectivity index (χ1v) is 11.4. The van der Waals surface area contributed by atoms with Crippen LogP contribution in [0.1, 0.15) is 22.8 Å². The second kappa shape index (κ2) is 10.5. The van der Waals surface area contributed by atoms with Crippen molar-refractivity contribution in [2.24, 2.45) is 0 Å². The average Bonchev–Trinajstić information content (AvgIpc) is 3.22. The summed E-state index contributed by atoms with van der Waals surface area (Å²) in [7, 11) is 1.63. The SMILES string of the molecule is COC(c1cccc(OCc2ccc(Cl)cc2I)c1OCCF)c1c[nH]c2ncccc12. The van der Waals surface area contributed by atoms with E-state index in [-0.39, 0.29) is 6.61 Å². The molecule has 2 aromatic carbocycles. The van der Waals surface area contributed by atoms with Crippen molar-refractivity contribution >= 4 is 45.2 Å². The number of aromatic nitrogens is 2. The van der Waals surface area contributed by atoms with Gasteiger partial charge in [0, 0.05) is 50.2 Å². The van der Waals surface area contributed by atoms with Crippen LogP contribution in [-0.2, 0) is 11.3 Å². The molecular weight excluding hydrogens is 546 g/mol. The molecular formula is C24H21ClFIN2O3. The summed E-state index contributed by atoms with van der Waals surface area (Å²) in [6.07, 6.45) is 3.14. The number of benzene rings is 2. The number of nitrogens with zero attached hydrogens (tertiary/aromatic N) is 1. The zero-order chi connectivity index (χ0) is 22.5. The summed E-state index contributed by atoms with van der Waals surface area (Å²) in [5.74, 6) is 0.973. The van der Waals surface area contributed by atoms with Gasteiger partial charge in [0.05, 0.1) is 0 Å². The minimum absolute atomic E-state index is 0.0856. The molecule has 0 spiro atoms. The molecule has 0 aliphatic heterocycles. The molecule has 2 heterocycles. The molecule has 1 unspecified atom stereocenters. The van der Waals surface area contributed by atoms with Crippen molar-refractivity contribution in [2.45, 2.75) is 12.7 Å². The van der Waals surface area contributed by atoms with Crippen molar-refractivity contribution in [3.8, 4) is 11.5 Å².